The second-order valence-electron chi connectivity index (χ2n) is 3.10. The summed E-state index contributed by atoms with van der Waals surface area (Å²) in [5.41, 5.74) is 9.86. The molecule has 0 aliphatic carbocycles. The van der Waals surface area contributed by atoms with Crippen molar-refractivity contribution in [1.82, 2.24) is 10.6 Å². The van der Waals surface area contributed by atoms with E-state index in [1.54, 1.807) is 0 Å². The molecule has 0 aromatic rings. The Morgan fingerprint density at radius 3 is 1.35 bits per heavy atom. The highest BCUT2D eigenvalue weighted by molar-refractivity contribution is 8.26. The van der Waals surface area contributed by atoms with E-state index in [0.29, 0.717) is 23.5 Å². The molecule has 12 heteroatoms. The topological polar surface area (TPSA) is 192 Å². The summed E-state index contributed by atoms with van der Waals surface area (Å²) in [4.78, 5) is 44.5. The average Bonchev–Trinajstić information content (AvgIpc) is 2.23. The monoisotopic (exact) mass is 320 g/mol. The molecule has 0 spiro atoms. The van der Waals surface area contributed by atoms with Crippen molar-refractivity contribution in [2.75, 3.05) is 0 Å². The quantitative estimate of drug-likeness (QED) is 0.295. The van der Waals surface area contributed by atoms with Crippen molar-refractivity contribution < 1.29 is 19.2 Å². The number of hydrogen-bond acceptors (Lipinski definition) is 8. The van der Waals surface area contributed by atoms with E-state index < -0.39 is 32.6 Å². The maximum Gasteiger partial charge on any atom is 0.293 e. The normalized spacial score (nSPS) is 9.40. The number of hydrogen-bond donors (Lipinski definition) is 6. The van der Waals surface area contributed by atoms with Gasteiger partial charge in [-0.1, -0.05) is 0 Å². The van der Waals surface area contributed by atoms with Gasteiger partial charge in [-0.15, -0.1) is 0 Å². The second kappa shape index (κ2) is 8.92. The fraction of sp³-hybridized carbons (Fsp3) is 0.250. The van der Waals surface area contributed by atoms with Crippen LogP contribution in [-0.4, -0.2) is 32.6 Å². The Bertz CT molecular complexity index is 424. The van der Waals surface area contributed by atoms with E-state index in [9.17, 15) is 19.2 Å². The molecule has 0 fully saturated rings. The van der Waals surface area contributed by atoms with E-state index in [1.165, 1.54) is 0 Å². The number of carbonyl (C=O) groups is 4. The van der Waals surface area contributed by atoms with Gasteiger partial charge in [0.05, 0.1) is 0 Å². The highest BCUT2D eigenvalue weighted by atomic mass is 32.2. The number of amides is 4. The molecule has 0 atom stereocenters. The van der Waals surface area contributed by atoms with Crippen molar-refractivity contribution in [1.29, 1.82) is 10.8 Å². The molecule has 4 amide bonds. The highest BCUT2D eigenvalue weighted by Crippen LogP contribution is 2.01. The molecule has 0 unspecified atom stereocenters. The van der Waals surface area contributed by atoms with Crippen LogP contribution in [-0.2, 0) is 9.59 Å². The first kappa shape index (κ1) is 17.9. The largest absolute Gasteiger partial charge is 0.378 e. The van der Waals surface area contributed by atoms with E-state index in [2.05, 4.69) is 0 Å². The minimum Gasteiger partial charge on any atom is -0.378 e. The summed E-state index contributed by atoms with van der Waals surface area (Å²) in [5, 5.41) is 14.8. The van der Waals surface area contributed by atoms with Crippen molar-refractivity contribution >= 4 is 56.2 Å². The molecule has 0 saturated heterocycles. The van der Waals surface area contributed by atoms with E-state index in [1.807, 2.05) is 10.6 Å². The molecule has 20 heavy (non-hydrogen) atoms. The first-order chi connectivity index (χ1) is 9.20. The van der Waals surface area contributed by atoms with Gasteiger partial charge < -0.3 is 11.5 Å². The first-order valence-corrected chi connectivity index (χ1v) is 6.55. The van der Waals surface area contributed by atoms with Crippen LogP contribution in [0.25, 0.3) is 0 Å². The number of thioether (sulfide) groups is 2. The van der Waals surface area contributed by atoms with E-state index in [0.717, 1.165) is 0 Å². The number of nitrogens with two attached hydrogens (primary N) is 2. The van der Waals surface area contributed by atoms with Crippen molar-refractivity contribution in [2.45, 2.75) is 12.8 Å². The Balaban J connectivity index is 3.97. The molecule has 110 valence electrons. The summed E-state index contributed by atoms with van der Waals surface area (Å²) in [6, 6.07) is 0. The summed E-state index contributed by atoms with van der Waals surface area (Å²) in [5.74, 6) is -1.49. The lowest BCUT2D eigenvalue weighted by molar-refractivity contribution is -0.125. The number of imide groups is 2. The fourth-order valence-electron chi connectivity index (χ4n) is 0.830. The molecule has 0 heterocycles. The SMILES string of the molecule is N=C(N)SC(=O)NC(=O)CCC(=O)NC(=O)SC(=N)N. The molecule has 8 N–H and O–H groups in total. The van der Waals surface area contributed by atoms with Crippen LogP contribution >= 0.6 is 23.5 Å². The fourth-order valence-corrected chi connectivity index (χ4v) is 1.56. The third-order valence-corrected chi connectivity index (χ3v) is 2.48. The zero-order valence-electron chi connectivity index (χ0n) is 10.0. The van der Waals surface area contributed by atoms with Gasteiger partial charge >= 0.3 is 0 Å². The zero-order valence-corrected chi connectivity index (χ0v) is 11.7. The van der Waals surface area contributed by atoms with Crippen molar-refractivity contribution in [3.8, 4) is 0 Å². The van der Waals surface area contributed by atoms with Crippen LogP contribution in [0.5, 0.6) is 0 Å². The van der Waals surface area contributed by atoms with Crippen LogP contribution < -0.4 is 22.1 Å². The van der Waals surface area contributed by atoms with Crippen LogP contribution in [0.4, 0.5) is 9.59 Å². The van der Waals surface area contributed by atoms with Crippen molar-refractivity contribution in [2.24, 2.45) is 11.5 Å². The summed E-state index contributed by atoms with van der Waals surface area (Å²) in [7, 11) is 0. The third-order valence-electron chi connectivity index (χ3n) is 1.47. The Morgan fingerprint density at radius 1 is 0.800 bits per heavy atom. The van der Waals surface area contributed by atoms with Gasteiger partial charge in [0.2, 0.25) is 11.8 Å². The van der Waals surface area contributed by atoms with Gasteiger partial charge in [0, 0.05) is 36.4 Å². The molecular formula is C8H12N6O4S2. The molecule has 0 aromatic heterocycles. The minimum absolute atomic E-state index is 0.325. The van der Waals surface area contributed by atoms with E-state index in [-0.39, 0.29) is 12.8 Å². The van der Waals surface area contributed by atoms with Crippen LogP contribution in [0.1, 0.15) is 12.8 Å². The third kappa shape index (κ3) is 9.90. The average molecular weight is 320 g/mol. The lowest BCUT2D eigenvalue weighted by Crippen LogP contribution is -2.32. The summed E-state index contributed by atoms with van der Waals surface area (Å²) in [6.45, 7) is 0. The molecule has 10 nitrogen and oxygen atoms in total. The van der Waals surface area contributed by atoms with Crippen LogP contribution in [0.3, 0.4) is 0 Å². The standard InChI is InChI=1S/C8H12N6O4S2/c9-5(10)19-7(17)13-3(15)1-2-4(16)14-8(18)20-6(11)12/h1-2H2,(H3,9,10)(H3,11,12)(H,13,15,17)(H,14,16,18). The van der Waals surface area contributed by atoms with Crippen LogP contribution in [0, 0.1) is 10.8 Å². The number of carbonyl (C=O) groups excluding carboxylic acids is 4. The smallest absolute Gasteiger partial charge is 0.293 e. The molecule has 0 aliphatic rings. The number of nitrogens with one attached hydrogen (secondary N) is 4. The van der Waals surface area contributed by atoms with Gasteiger partial charge in [0.15, 0.2) is 10.3 Å². The van der Waals surface area contributed by atoms with Crippen LogP contribution in [0.15, 0.2) is 0 Å². The zero-order chi connectivity index (χ0) is 15.7. The summed E-state index contributed by atoms with van der Waals surface area (Å²) >= 11 is 0.659. The second-order valence-corrected chi connectivity index (χ2v) is 5.13. The molecule has 0 radical (unpaired) electrons. The Hall–Kier alpha value is -2.08. The molecule has 0 aliphatic heterocycles. The van der Waals surface area contributed by atoms with Gasteiger partial charge in [-0.3, -0.25) is 40.6 Å². The summed E-state index contributed by atoms with van der Waals surface area (Å²) in [6.07, 6.45) is -0.651. The first-order valence-electron chi connectivity index (χ1n) is 4.92. The summed E-state index contributed by atoms with van der Waals surface area (Å²) < 4.78 is 0. The van der Waals surface area contributed by atoms with Crippen molar-refractivity contribution in [3.05, 3.63) is 0 Å². The lowest BCUT2D eigenvalue weighted by atomic mass is 10.3. The molecule has 0 aromatic carbocycles. The number of amidine groups is 2. The molecule has 0 saturated carbocycles. The van der Waals surface area contributed by atoms with Crippen LogP contribution in [0.2, 0.25) is 0 Å². The van der Waals surface area contributed by atoms with Crippen molar-refractivity contribution in [3.63, 3.8) is 0 Å². The maximum absolute atomic E-state index is 11.2. The van der Waals surface area contributed by atoms with E-state index >= 15 is 0 Å². The Morgan fingerprint density at radius 2 is 1.10 bits per heavy atom. The predicted octanol–water partition coefficient (Wildman–Crippen LogP) is -0.508. The highest BCUT2D eigenvalue weighted by Gasteiger charge is 2.14. The van der Waals surface area contributed by atoms with Gasteiger partial charge in [0.1, 0.15) is 0 Å². The lowest BCUT2D eigenvalue weighted by Gasteiger charge is -2.03. The molecule has 0 bridgehead atoms. The Labute approximate surface area is 121 Å². The van der Waals surface area contributed by atoms with Gasteiger partial charge in [-0.2, -0.15) is 0 Å². The van der Waals surface area contributed by atoms with Gasteiger partial charge in [-0.25, -0.2) is 0 Å². The number of rotatable bonds is 3. The maximum atomic E-state index is 11.2. The molecular weight excluding hydrogens is 308 g/mol. The van der Waals surface area contributed by atoms with E-state index in [4.69, 9.17) is 22.3 Å². The van der Waals surface area contributed by atoms with Gasteiger partial charge in [0.25, 0.3) is 10.5 Å². The minimum atomic E-state index is -0.828. The molecule has 0 rings (SSSR count). The predicted molar refractivity (Wildman–Crippen MR) is 75.3 cm³/mol. The Kier molecular flexibility index (Phi) is 8.00. The van der Waals surface area contributed by atoms with Gasteiger partial charge in [-0.05, 0) is 0 Å².